The first-order chi connectivity index (χ1) is 10.8. The van der Waals surface area contributed by atoms with Crippen LogP contribution in [0.4, 0.5) is 0 Å². The Hall–Kier alpha value is -2.21. The van der Waals surface area contributed by atoms with Crippen molar-refractivity contribution < 1.29 is 14.2 Å². The van der Waals surface area contributed by atoms with E-state index in [1.54, 1.807) is 14.2 Å². The normalized spacial score (nSPS) is 17.5. The van der Waals surface area contributed by atoms with Gasteiger partial charge in [0.25, 0.3) is 0 Å². The molecule has 0 radical (unpaired) electrons. The van der Waals surface area contributed by atoms with Crippen molar-refractivity contribution in [3.63, 3.8) is 0 Å². The molecule has 1 aromatic heterocycles. The maximum atomic E-state index is 5.78. The van der Waals surface area contributed by atoms with Gasteiger partial charge in [0.1, 0.15) is 12.4 Å². The molecule has 0 spiro atoms. The van der Waals surface area contributed by atoms with E-state index in [1.165, 1.54) is 6.42 Å². The maximum Gasteiger partial charge on any atom is 0.164 e. The van der Waals surface area contributed by atoms with E-state index in [9.17, 15) is 0 Å². The van der Waals surface area contributed by atoms with Gasteiger partial charge in [0.2, 0.25) is 0 Å². The molecule has 1 aromatic carbocycles. The molecular formula is C16H21N3O3. The largest absolute Gasteiger partial charge is 0.493 e. The number of ether oxygens (including phenoxy) is 3. The van der Waals surface area contributed by atoms with Crippen LogP contribution in [0, 0.1) is 0 Å². The van der Waals surface area contributed by atoms with E-state index in [1.807, 2.05) is 18.2 Å². The molecule has 2 N–H and O–H groups in total. The summed E-state index contributed by atoms with van der Waals surface area (Å²) in [6, 6.07) is 7.93. The predicted octanol–water partition coefficient (Wildman–Crippen LogP) is 2.43. The number of nitrogens with zero attached hydrogens (tertiary/aromatic N) is 1. The second-order valence-electron chi connectivity index (χ2n) is 5.27. The van der Waals surface area contributed by atoms with Crippen LogP contribution in [0.15, 0.2) is 24.3 Å². The zero-order chi connectivity index (χ0) is 15.4. The summed E-state index contributed by atoms with van der Waals surface area (Å²) in [5, 5.41) is 10.8. The molecule has 1 atom stereocenters. The van der Waals surface area contributed by atoms with Crippen molar-refractivity contribution >= 4 is 0 Å². The van der Waals surface area contributed by atoms with E-state index in [4.69, 9.17) is 14.2 Å². The zero-order valence-corrected chi connectivity index (χ0v) is 12.9. The highest BCUT2D eigenvalue weighted by atomic mass is 16.5. The number of benzene rings is 1. The van der Waals surface area contributed by atoms with Gasteiger partial charge >= 0.3 is 0 Å². The predicted molar refractivity (Wildman–Crippen MR) is 82.4 cm³/mol. The van der Waals surface area contributed by atoms with Gasteiger partial charge < -0.3 is 19.5 Å². The SMILES string of the molecule is COc1ccc(OCc2cc([C@@H]3CCCN3)n[nH]2)cc1OC. The topological polar surface area (TPSA) is 68.4 Å². The van der Waals surface area contributed by atoms with Gasteiger partial charge in [0, 0.05) is 6.07 Å². The van der Waals surface area contributed by atoms with Crippen LogP contribution in [0.1, 0.15) is 30.3 Å². The number of rotatable bonds is 6. The van der Waals surface area contributed by atoms with Crippen LogP contribution in [0.3, 0.4) is 0 Å². The minimum Gasteiger partial charge on any atom is -0.493 e. The van der Waals surface area contributed by atoms with E-state index in [0.717, 1.165) is 30.1 Å². The standard InChI is InChI=1S/C16H21N3O3/c1-20-15-6-5-12(9-16(15)21-2)22-10-11-8-14(19-18-11)13-4-3-7-17-13/h5-6,8-9,13,17H,3-4,7,10H2,1-2H3,(H,18,19)/t13-/m0/s1. The fourth-order valence-electron chi connectivity index (χ4n) is 2.64. The molecule has 3 rings (SSSR count). The molecule has 6 heteroatoms. The number of methoxy groups -OCH3 is 2. The van der Waals surface area contributed by atoms with Gasteiger partial charge in [-0.3, -0.25) is 5.10 Å². The lowest BCUT2D eigenvalue weighted by molar-refractivity contribution is 0.296. The molecule has 1 aliphatic heterocycles. The first kappa shape index (κ1) is 14.7. The Morgan fingerprint density at radius 2 is 2.05 bits per heavy atom. The average Bonchev–Trinajstić information content (AvgIpc) is 3.23. The monoisotopic (exact) mass is 303 g/mol. The molecular weight excluding hydrogens is 282 g/mol. The van der Waals surface area contributed by atoms with Crippen LogP contribution in [0.5, 0.6) is 17.2 Å². The Bertz CT molecular complexity index is 621. The minimum absolute atomic E-state index is 0.367. The summed E-state index contributed by atoms with van der Waals surface area (Å²) in [5.74, 6) is 2.07. The molecule has 1 aliphatic rings. The van der Waals surface area contributed by atoms with Gasteiger partial charge in [-0.15, -0.1) is 0 Å². The van der Waals surface area contributed by atoms with Crippen molar-refractivity contribution in [3.05, 3.63) is 35.7 Å². The van der Waals surface area contributed by atoms with Gasteiger partial charge in [-0.25, -0.2) is 0 Å². The fraction of sp³-hybridized carbons (Fsp3) is 0.438. The van der Waals surface area contributed by atoms with Gasteiger partial charge in [0.15, 0.2) is 11.5 Å². The van der Waals surface area contributed by atoms with Crippen molar-refractivity contribution in [3.8, 4) is 17.2 Å². The number of aromatic nitrogens is 2. The third-order valence-electron chi connectivity index (χ3n) is 3.82. The Morgan fingerprint density at radius 3 is 2.77 bits per heavy atom. The number of nitrogens with one attached hydrogen (secondary N) is 2. The Balaban J connectivity index is 1.62. The number of hydrogen-bond donors (Lipinski definition) is 2. The summed E-state index contributed by atoms with van der Waals surface area (Å²) in [5.41, 5.74) is 2.02. The lowest BCUT2D eigenvalue weighted by atomic mass is 10.1. The van der Waals surface area contributed by atoms with Crippen LogP contribution in [-0.4, -0.2) is 31.0 Å². The molecule has 0 bridgehead atoms. The number of aromatic amines is 1. The highest BCUT2D eigenvalue weighted by molar-refractivity contribution is 5.45. The van der Waals surface area contributed by atoms with E-state index in [0.29, 0.717) is 24.1 Å². The van der Waals surface area contributed by atoms with E-state index in [-0.39, 0.29) is 0 Å². The van der Waals surface area contributed by atoms with E-state index in [2.05, 4.69) is 21.6 Å². The third-order valence-corrected chi connectivity index (χ3v) is 3.82. The molecule has 0 unspecified atom stereocenters. The van der Waals surface area contributed by atoms with Gasteiger partial charge in [-0.05, 0) is 37.6 Å². The molecule has 22 heavy (non-hydrogen) atoms. The molecule has 0 aliphatic carbocycles. The first-order valence-electron chi connectivity index (χ1n) is 7.42. The molecule has 1 fully saturated rings. The first-order valence-corrected chi connectivity index (χ1v) is 7.42. The summed E-state index contributed by atoms with van der Waals surface area (Å²) < 4.78 is 16.3. The van der Waals surface area contributed by atoms with E-state index < -0.39 is 0 Å². The molecule has 2 aromatic rings. The smallest absolute Gasteiger partial charge is 0.164 e. The fourth-order valence-corrected chi connectivity index (χ4v) is 2.64. The Kier molecular flexibility index (Phi) is 4.48. The summed E-state index contributed by atoms with van der Waals surface area (Å²) in [6.45, 7) is 1.50. The van der Waals surface area contributed by atoms with E-state index >= 15 is 0 Å². The summed E-state index contributed by atoms with van der Waals surface area (Å²) >= 11 is 0. The second-order valence-corrected chi connectivity index (χ2v) is 5.27. The minimum atomic E-state index is 0.367. The summed E-state index contributed by atoms with van der Waals surface area (Å²) in [7, 11) is 3.22. The van der Waals surface area contributed by atoms with Crippen LogP contribution in [-0.2, 0) is 6.61 Å². The molecule has 0 saturated carbocycles. The lowest BCUT2D eigenvalue weighted by Gasteiger charge is -2.10. The Morgan fingerprint density at radius 1 is 1.18 bits per heavy atom. The second kappa shape index (κ2) is 6.70. The van der Waals surface area contributed by atoms with Crippen LogP contribution < -0.4 is 19.5 Å². The summed E-state index contributed by atoms with van der Waals surface area (Å²) in [4.78, 5) is 0. The van der Waals surface area contributed by atoms with Crippen LogP contribution >= 0.6 is 0 Å². The van der Waals surface area contributed by atoms with Crippen molar-refractivity contribution in [1.29, 1.82) is 0 Å². The quantitative estimate of drug-likeness (QED) is 0.858. The maximum absolute atomic E-state index is 5.78. The lowest BCUT2D eigenvalue weighted by Crippen LogP contribution is -2.12. The number of hydrogen-bond acceptors (Lipinski definition) is 5. The van der Waals surface area contributed by atoms with Gasteiger partial charge in [-0.2, -0.15) is 5.10 Å². The van der Waals surface area contributed by atoms with Crippen LogP contribution in [0.2, 0.25) is 0 Å². The highest BCUT2D eigenvalue weighted by Crippen LogP contribution is 2.31. The third kappa shape index (κ3) is 3.17. The molecule has 6 nitrogen and oxygen atoms in total. The van der Waals surface area contributed by atoms with Crippen molar-refractivity contribution in [2.75, 3.05) is 20.8 Å². The highest BCUT2D eigenvalue weighted by Gasteiger charge is 2.18. The van der Waals surface area contributed by atoms with Gasteiger partial charge in [0.05, 0.1) is 31.6 Å². The zero-order valence-electron chi connectivity index (χ0n) is 12.9. The Labute approximate surface area is 129 Å². The molecule has 0 amide bonds. The van der Waals surface area contributed by atoms with Crippen molar-refractivity contribution in [1.82, 2.24) is 15.5 Å². The summed E-state index contributed by atoms with van der Waals surface area (Å²) in [6.07, 6.45) is 2.34. The van der Waals surface area contributed by atoms with Crippen molar-refractivity contribution in [2.24, 2.45) is 0 Å². The molecule has 2 heterocycles. The molecule has 1 saturated heterocycles. The average molecular weight is 303 g/mol. The molecule has 118 valence electrons. The van der Waals surface area contributed by atoms with Crippen LogP contribution in [0.25, 0.3) is 0 Å². The number of H-pyrrole nitrogens is 1. The van der Waals surface area contributed by atoms with Gasteiger partial charge in [-0.1, -0.05) is 0 Å². The van der Waals surface area contributed by atoms with Crippen molar-refractivity contribution in [2.45, 2.75) is 25.5 Å².